The molecule has 0 fully saturated rings. The monoisotopic (exact) mass is 403 g/mol. The van der Waals surface area contributed by atoms with Gasteiger partial charge in [-0.15, -0.1) is 0 Å². The summed E-state index contributed by atoms with van der Waals surface area (Å²) >= 11 is 5.89. The number of furan rings is 1. The third kappa shape index (κ3) is 4.34. The predicted octanol–water partition coefficient (Wildman–Crippen LogP) is 4.96. The molecule has 7 heteroatoms. The van der Waals surface area contributed by atoms with E-state index in [1.807, 2.05) is 26.0 Å². The van der Waals surface area contributed by atoms with Crippen LogP contribution in [0.15, 0.2) is 41.0 Å². The minimum atomic E-state index is -1.05. The van der Waals surface area contributed by atoms with Crippen LogP contribution in [0.25, 0.3) is 11.0 Å². The maximum Gasteiger partial charge on any atom is 0.311 e. The molecule has 3 rings (SSSR count). The molecule has 2 aromatic carbocycles. The number of nitrogens with one attached hydrogen (secondary N) is 1. The van der Waals surface area contributed by atoms with Crippen LogP contribution in [0.3, 0.4) is 0 Å². The summed E-state index contributed by atoms with van der Waals surface area (Å²) in [4.78, 5) is 24.5. The largest absolute Gasteiger partial charge is 0.464 e. The van der Waals surface area contributed by atoms with Crippen LogP contribution >= 0.6 is 11.6 Å². The Morgan fingerprint density at radius 2 is 1.93 bits per heavy atom. The van der Waals surface area contributed by atoms with Gasteiger partial charge in [-0.3, -0.25) is 9.59 Å². The van der Waals surface area contributed by atoms with Crippen LogP contribution in [0.2, 0.25) is 5.02 Å². The number of rotatable bonds is 5. The molecule has 0 saturated heterocycles. The lowest BCUT2D eigenvalue weighted by Gasteiger charge is -2.14. The summed E-state index contributed by atoms with van der Waals surface area (Å²) in [6.07, 6.45) is 0.453. The molecule has 0 unspecified atom stereocenters. The molecule has 0 aliphatic carbocycles. The van der Waals surface area contributed by atoms with E-state index in [1.165, 1.54) is 25.3 Å². The molecule has 0 aliphatic heterocycles. The first-order chi connectivity index (χ1) is 13.2. The van der Waals surface area contributed by atoms with Crippen LogP contribution in [0, 0.1) is 19.7 Å². The number of esters is 1. The Morgan fingerprint density at radius 3 is 2.64 bits per heavy atom. The Kier molecular flexibility index (Phi) is 5.70. The summed E-state index contributed by atoms with van der Waals surface area (Å²) in [6, 6.07) is 7.48. The number of amides is 1. The second-order valence-corrected chi connectivity index (χ2v) is 7.02. The van der Waals surface area contributed by atoms with Crippen molar-refractivity contribution < 1.29 is 23.1 Å². The van der Waals surface area contributed by atoms with Crippen molar-refractivity contribution in [2.75, 3.05) is 5.32 Å². The van der Waals surface area contributed by atoms with Gasteiger partial charge in [0.25, 0.3) is 5.91 Å². The quantitative estimate of drug-likeness (QED) is 0.611. The first-order valence-corrected chi connectivity index (χ1v) is 9.05. The number of benzene rings is 2. The zero-order chi connectivity index (χ0) is 20.4. The summed E-state index contributed by atoms with van der Waals surface area (Å²) in [5, 5.41) is 3.41. The molecule has 5 nitrogen and oxygen atoms in total. The topological polar surface area (TPSA) is 68.5 Å². The van der Waals surface area contributed by atoms with Gasteiger partial charge in [0, 0.05) is 10.9 Å². The zero-order valence-corrected chi connectivity index (χ0v) is 16.4. The molecule has 1 aromatic heterocycles. The molecule has 0 aliphatic rings. The summed E-state index contributed by atoms with van der Waals surface area (Å²) in [7, 11) is 0. The molecule has 1 N–H and O–H groups in total. The van der Waals surface area contributed by atoms with E-state index in [1.54, 1.807) is 0 Å². The maximum absolute atomic E-state index is 13.1. The molecule has 0 saturated carbocycles. The van der Waals surface area contributed by atoms with E-state index in [2.05, 4.69) is 5.32 Å². The van der Waals surface area contributed by atoms with Crippen LogP contribution in [0.1, 0.15) is 23.6 Å². The number of fused-ring (bicyclic) bond motifs is 1. The minimum Gasteiger partial charge on any atom is -0.464 e. The van der Waals surface area contributed by atoms with Crippen molar-refractivity contribution in [1.29, 1.82) is 0 Å². The fourth-order valence-corrected chi connectivity index (χ4v) is 2.96. The normalized spacial score (nSPS) is 12.0. The van der Waals surface area contributed by atoms with E-state index in [9.17, 15) is 14.0 Å². The smallest absolute Gasteiger partial charge is 0.311 e. The molecule has 0 radical (unpaired) electrons. The lowest BCUT2D eigenvalue weighted by molar-refractivity contribution is -0.152. The molecule has 1 heterocycles. The summed E-state index contributed by atoms with van der Waals surface area (Å²) < 4.78 is 23.8. The lowest BCUT2D eigenvalue weighted by atomic mass is 10.0. The zero-order valence-electron chi connectivity index (χ0n) is 15.6. The Balaban J connectivity index is 1.64. The van der Waals surface area contributed by atoms with Crippen LogP contribution in [0.5, 0.6) is 0 Å². The molecular formula is C21H19ClFNO4. The molecule has 1 atom stereocenters. The number of carbonyl (C=O) groups excluding carboxylic acids is 2. The number of halogens is 2. The van der Waals surface area contributed by atoms with Crippen molar-refractivity contribution in [1.82, 2.24) is 0 Å². The van der Waals surface area contributed by atoms with Gasteiger partial charge in [0.05, 0.1) is 23.4 Å². The molecular weight excluding hydrogens is 385 g/mol. The second-order valence-electron chi connectivity index (χ2n) is 6.62. The van der Waals surface area contributed by atoms with Crippen LogP contribution in [-0.2, 0) is 20.7 Å². The Hall–Kier alpha value is -2.86. The number of hydrogen-bond donors (Lipinski definition) is 1. The van der Waals surface area contributed by atoms with Gasteiger partial charge in [0.1, 0.15) is 11.4 Å². The lowest BCUT2D eigenvalue weighted by Crippen LogP contribution is -2.30. The van der Waals surface area contributed by atoms with Crippen molar-refractivity contribution in [2.24, 2.45) is 0 Å². The van der Waals surface area contributed by atoms with Crippen molar-refractivity contribution in [3.63, 3.8) is 0 Å². The van der Waals surface area contributed by atoms with Gasteiger partial charge in [-0.25, -0.2) is 4.39 Å². The van der Waals surface area contributed by atoms with Crippen molar-refractivity contribution in [3.05, 3.63) is 64.1 Å². The molecule has 146 valence electrons. The van der Waals surface area contributed by atoms with Crippen LogP contribution in [0.4, 0.5) is 10.1 Å². The number of ether oxygens (including phenoxy) is 1. The van der Waals surface area contributed by atoms with Gasteiger partial charge in [-0.05, 0) is 62.2 Å². The van der Waals surface area contributed by atoms with Crippen molar-refractivity contribution in [2.45, 2.75) is 33.3 Å². The third-order valence-electron chi connectivity index (χ3n) is 4.47. The fraction of sp³-hybridized carbons (Fsp3) is 0.238. The molecule has 0 spiro atoms. The third-order valence-corrected chi connectivity index (χ3v) is 4.78. The number of aryl methyl sites for hydroxylation is 2. The standard InChI is InChI=1S/C21H19ClFNO4/c1-11-6-16-14(10-27-19(16)7-12(11)2)8-20(25)28-13(3)21(26)24-18-5-4-15(23)9-17(18)22/h4-7,9-10,13H,8H2,1-3H3,(H,24,26)/t13-/m0/s1. The highest BCUT2D eigenvalue weighted by Gasteiger charge is 2.20. The maximum atomic E-state index is 13.1. The Bertz CT molecular complexity index is 1060. The van der Waals surface area contributed by atoms with Crippen LogP contribution in [-0.4, -0.2) is 18.0 Å². The van der Waals surface area contributed by atoms with Crippen molar-refractivity contribution in [3.8, 4) is 0 Å². The van der Waals surface area contributed by atoms with Crippen LogP contribution < -0.4 is 5.32 Å². The minimum absolute atomic E-state index is 0.0234. The second kappa shape index (κ2) is 8.02. The first-order valence-electron chi connectivity index (χ1n) is 8.67. The van der Waals surface area contributed by atoms with Gasteiger partial charge in [0.2, 0.25) is 0 Å². The van der Waals surface area contributed by atoms with E-state index < -0.39 is 23.8 Å². The Morgan fingerprint density at radius 1 is 1.21 bits per heavy atom. The van der Waals surface area contributed by atoms with E-state index >= 15 is 0 Å². The van der Waals surface area contributed by atoms with Gasteiger partial charge < -0.3 is 14.5 Å². The van der Waals surface area contributed by atoms with Crippen molar-refractivity contribution >= 4 is 40.1 Å². The SMILES string of the molecule is Cc1cc2occ(CC(=O)O[C@@H](C)C(=O)Nc3ccc(F)cc3Cl)c2cc1C. The summed E-state index contributed by atoms with van der Waals surface area (Å²) in [6.45, 7) is 5.42. The van der Waals surface area contributed by atoms with Gasteiger partial charge in [-0.1, -0.05) is 11.6 Å². The number of carbonyl (C=O) groups is 2. The highest BCUT2D eigenvalue weighted by atomic mass is 35.5. The summed E-state index contributed by atoms with van der Waals surface area (Å²) in [5.41, 5.74) is 3.82. The molecule has 3 aromatic rings. The number of anilines is 1. The van der Waals surface area contributed by atoms with Gasteiger partial charge in [-0.2, -0.15) is 0 Å². The highest BCUT2D eigenvalue weighted by Crippen LogP contribution is 2.26. The fourth-order valence-electron chi connectivity index (χ4n) is 2.75. The number of hydrogen-bond acceptors (Lipinski definition) is 4. The first kappa shape index (κ1) is 19.9. The molecule has 1 amide bonds. The van der Waals surface area contributed by atoms with Gasteiger partial charge >= 0.3 is 5.97 Å². The highest BCUT2D eigenvalue weighted by molar-refractivity contribution is 6.33. The average Bonchev–Trinajstić information content (AvgIpc) is 2.99. The summed E-state index contributed by atoms with van der Waals surface area (Å²) in [5.74, 6) is -1.64. The van der Waals surface area contributed by atoms with E-state index in [0.29, 0.717) is 11.1 Å². The van der Waals surface area contributed by atoms with Gasteiger partial charge in [0.15, 0.2) is 6.10 Å². The van der Waals surface area contributed by atoms with E-state index in [0.717, 1.165) is 22.6 Å². The van der Waals surface area contributed by atoms with E-state index in [4.69, 9.17) is 20.8 Å². The average molecular weight is 404 g/mol. The molecule has 28 heavy (non-hydrogen) atoms. The Labute approximate surface area is 166 Å². The predicted molar refractivity (Wildman–Crippen MR) is 105 cm³/mol. The van der Waals surface area contributed by atoms with E-state index in [-0.39, 0.29) is 17.1 Å². The molecule has 0 bridgehead atoms.